The van der Waals surface area contributed by atoms with Crippen LogP contribution in [-0.2, 0) is 16.6 Å². The number of hydrogen-bond acceptors (Lipinski definition) is 4. The molecule has 1 aromatic heterocycles. The Labute approximate surface area is 104 Å². The lowest BCUT2D eigenvalue weighted by Gasteiger charge is -2.08. The predicted molar refractivity (Wildman–Crippen MR) is 61.9 cm³/mol. The number of esters is 1. The van der Waals surface area contributed by atoms with Gasteiger partial charge in [0.25, 0.3) is 5.91 Å². The van der Waals surface area contributed by atoms with Gasteiger partial charge in [-0.1, -0.05) is 0 Å². The molecule has 7 heteroatoms. The Morgan fingerprint density at radius 1 is 1.65 bits per heavy atom. The van der Waals surface area contributed by atoms with Crippen LogP contribution in [0, 0.1) is 6.92 Å². The average molecular weight is 260 g/mol. The van der Waals surface area contributed by atoms with Gasteiger partial charge in [0, 0.05) is 19.3 Å². The molecule has 1 heterocycles. The summed E-state index contributed by atoms with van der Waals surface area (Å²) >= 11 is 5.70. The van der Waals surface area contributed by atoms with Crippen molar-refractivity contribution in [2.75, 3.05) is 13.7 Å². The quantitative estimate of drug-likeness (QED) is 0.621. The van der Waals surface area contributed by atoms with E-state index in [9.17, 15) is 9.59 Å². The number of halogens is 1. The normalized spacial score (nSPS) is 12.0. The molecule has 1 atom stereocenters. The molecule has 0 saturated heterocycles. The molecule has 0 radical (unpaired) electrons. The summed E-state index contributed by atoms with van der Waals surface area (Å²) in [5.74, 6) is -0.889. The summed E-state index contributed by atoms with van der Waals surface area (Å²) in [7, 11) is 2.98. The Hall–Kier alpha value is -1.56. The molecule has 0 aliphatic rings. The summed E-state index contributed by atoms with van der Waals surface area (Å²) in [5.41, 5.74) is 1.20. The maximum atomic E-state index is 11.7. The first-order valence-corrected chi connectivity index (χ1v) is 5.39. The molecule has 0 aliphatic heterocycles. The smallest absolute Gasteiger partial charge is 0.325 e. The molecule has 0 aliphatic carbocycles. The van der Waals surface area contributed by atoms with Crippen molar-refractivity contribution in [1.82, 2.24) is 15.1 Å². The summed E-state index contributed by atoms with van der Waals surface area (Å²) < 4.78 is 6.03. The first kappa shape index (κ1) is 13.5. The number of aromatic nitrogens is 2. The number of aryl methyl sites for hydroxylation is 1. The molecule has 94 valence electrons. The van der Waals surface area contributed by atoms with Crippen LogP contribution < -0.4 is 5.32 Å². The molecule has 1 N–H and O–H groups in total. The van der Waals surface area contributed by atoms with Crippen LogP contribution in [0.25, 0.3) is 0 Å². The van der Waals surface area contributed by atoms with E-state index in [1.807, 2.05) is 0 Å². The molecule has 0 bridgehead atoms. The summed E-state index contributed by atoms with van der Waals surface area (Å²) in [4.78, 5) is 22.7. The van der Waals surface area contributed by atoms with E-state index in [4.69, 9.17) is 11.6 Å². The number of carbonyl (C=O) groups excluding carboxylic acids is 2. The highest BCUT2D eigenvalue weighted by atomic mass is 35.5. The maximum absolute atomic E-state index is 11.7. The zero-order valence-corrected chi connectivity index (χ0v) is 10.6. The number of nitrogens with zero attached hydrogens (tertiary/aromatic N) is 2. The van der Waals surface area contributed by atoms with E-state index in [-0.39, 0.29) is 12.5 Å². The first-order valence-electron chi connectivity index (χ1n) is 4.96. The number of ether oxygens (including phenoxy) is 1. The third-order valence-corrected chi connectivity index (χ3v) is 2.71. The Bertz CT molecular complexity index is 430. The lowest BCUT2D eigenvalue weighted by atomic mass is 10.2. The van der Waals surface area contributed by atoms with Gasteiger partial charge < -0.3 is 10.1 Å². The molecule has 1 unspecified atom stereocenters. The third-order valence-electron chi connectivity index (χ3n) is 2.38. The van der Waals surface area contributed by atoms with Gasteiger partial charge in [-0.05, 0) is 6.92 Å². The number of hydrogen-bond donors (Lipinski definition) is 1. The van der Waals surface area contributed by atoms with Crippen LogP contribution in [0.3, 0.4) is 0 Å². The van der Waals surface area contributed by atoms with Gasteiger partial charge in [0.2, 0.25) is 0 Å². The molecular formula is C10H14ClN3O3. The molecule has 6 nitrogen and oxygen atoms in total. The van der Waals surface area contributed by atoms with Gasteiger partial charge in [-0.25, -0.2) is 0 Å². The number of methoxy groups -OCH3 is 1. The zero-order valence-electron chi connectivity index (χ0n) is 9.86. The lowest BCUT2D eigenvalue weighted by Crippen LogP contribution is -2.34. The molecular weight excluding hydrogens is 246 g/mol. The first-order chi connectivity index (χ1) is 7.97. The number of nitrogens with one attached hydrogen (secondary N) is 1. The molecule has 0 spiro atoms. The van der Waals surface area contributed by atoms with Crippen LogP contribution in [0.2, 0.25) is 0 Å². The highest BCUT2D eigenvalue weighted by molar-refractivity contribution is 6.30. The van der Waals surface area contributed by atoms with E-state index >= 15 is 0 Å². The molecule has 0 fully saturated rings. The fourth-order valence-electron chi connectivity index (χ4n) is 1.21. The van der Waals surface area contributed by atoms with Gasteiger partial charge in [-0.2, -0.15) is 5.10 Å². The van der Waals surface area contributed by atoms with E-state index < -0.39 is 11.3 Å². The van der Waals surface area contributed by atoms with Crippen LogP contribution in [-0.4, -0.2) is 40.7 Å². The summed E-state index contributed by atoms with van der Waals surface area (Å²) in [6.45, 7) is 1.79. The minimum atomic E-state index is -0.888. The van der Waals surface area contributed by atoms with Crippen molar-refractivity contribution in [2.24, 2.45) is 7.05 Å². The fourth-order valence-corrected chi connectivity index (χ4v) is 1.38. The number of rotatable bonds is 4. The standard InChI is InChI=1S/C10H14ClN3O3/c1-6-7(4-13-14(6)2)9(15)12-5-8(11)10(16)17-3/h4,8H,5H2,1-3H3,(H,12,15). The van der Waals surface area contributed by atoms with Crippen LogP contribution in [0.1, 0.15) is 16.1 Å². The van der Waals surface area contributed by atoms with Crippen molar-refractivity contribution in [3.05, 3.63) is 17.5 Å². The van der Waals surface area contributed by atoms with E-state index in [2.05, 4.69) is 15.2 Å². The monoisotopic (exact) mass is 259 g/mol. The summed E-state index contributed by atoms with van der Waals surface area (Å²) in [5, 5.41) is 5.60. The summed E-state index contributed by atoms with van der Waals surface area (Å²) in [6, 6.07) is 0. The Morgan fingerprint density at radius 2 is 2.29 bits per heavy atom. The Balaban J connectivity index is 2.56. The second-order valence-corrected chi connectivity index (χ2v) is 3.99. The van der Waals surface area contributed by atoms with Crippen molar-refractivity contribution in [3.8, 4) is 0 Å². The summed E-state index contributed by atoms with van der Waals surface area (Å²) in [6.07, 6.45) is 1.46. The fraction of sp³-hybridized carbons (Fsp3) is 0.500. The SMILES string of the molecule is COC(=O)C(Cl)CNC(=O)c1cnn(C)c1C. The molecule has 1 aromatic rings. The molecule has 0 saturated carbocycles. The van der Waals surface area contributed by atoms with Crippen molar-refractivity contribution in [1.29, 1.82) is 0 Å². The largest absolute Gasteiger partial charge is 0.468 e. The average Bonchev–Trinajstić information content (AvgIpc) is 2.65. The highest BCUT2D eigenvalue weighted by Crippen LogP contribution is 2.05. The Kier molecular flexibility index (Phi) is 4.51. The Morgan fingerprint density at radius 3 is 2.76 bits per heavy atom. The predicted octanol–water partition coefficient (Wildman–Crippen LogP) is 0.239. The van der Waals surface area contributed by atoms with Gasteiger partial charge in [-0.3, -0.25) is 14.3 Å². The molecule has 17 heavy (non-hydrogen) atoms. The van der Waals surface area contributed by atoms with Crippen LogP contribution in [0.15, 0.2) is 6.20 Å². The van der Waals surface area contributed by atoms with Gasteiger partial charge in [-0.15, -0.1) is 11.6 Å². The number of amides is 1. The van der Waals surface area contributed by atoms with Crippen LogP contribution in [0.4, 0.5) is 0 Å². The molecule has 0 aromatic carbocycles. The molecule has 1 amide bonds. The van der Waals surface area contributed by atoms with E-state index in [1.165, 1.54) is 13.3 Å². The van der Waals surface area contributed by atoms with Crippen molar-refractivity contribution in [2.45, 2.75) is 12.3 Å². The lowest BCUT2D eigenvalue weighted by molar-refractivity contribution is -0.140. The molecule has 1 rings (SSSR count). The minimum Gasteiger partial charge on any atom is -0.468 e. The minimum absolute atomic E-state index is 0.0153. The second kappa shape index (κ2) is 5.67. The van der Waals surface area contributed by atoms with Gasteiger partial charge in [0.1, 0.15) is 5.38 Å². The van der Waals surface area contributed by atoms with Gasteiger partial charge >= 0.3 is 5.97 Å². The zero-order chi connectivity index (χ0) is 13.0. The van der Waals surface area contributed by atoms with Crippen molar-refractivity contribution >= 4 is 23.5 Å². The van der Waals surface area contributed by atoms with E-state index in [0.717, 1.165) is 5.69 Å². The van der Waals surface area contributed by atoms with Crippen LogP contribution >= 0.6 is 11.6 Å². The van der Waals surface area contributed by atoms with E-state index in [0.29, 0.717) is 5.56 Å². The third kappa shape index (κ3) is 3.20. The van der Waals surface area contributed by atoms with E-state index in [1.54, 1.807) is 18.7 Å². The second-order valence-electron chi connectivity index (χ2n) is 3.47. The number of alkyl halides is 1. The maximum Gasteiger partial charge on any atom is 0.325 e. The van der Waals surface area contributed by atoms with Gasteiger partial charge in [0.05, 0.1) is 18.9 Å². The van der Waals surface area contributed by atoms with Crippen molar-refractivity contribution < 1.29 is 14.3 Å². The van der Waals surface area contributed by atoms with Crippen molar-refractivity contribution in [3.63, 3.8) is 0 Å². The number of carbonyl (C=O) groups is 2. The topological polar surface area (TPSA) is 73.2 Å². The van der Waals surface area contributed by atoms with Gasteiger partial charge in [0.15, 0.2) is 0 Å². The van der Waals surface area contributed by atoms with Crippen LogP contribution in [0.5, 0.6) is 0 Å². The highest BCUT2D eigenvalue weighted by Gasteiger charge is 2.18.